The second-order valence-electron chi connectivity index (χ2n) is 12.8. The third-order valence-electron chi connectivity index (χ3n) is 8.58. The molecule has 0 saturated heterocycles. The molecule has 0 aliphatic heterocycles. The Balaban J connectivity index is -0.000000340. The fraction of sp³-hybridized carbons (Fsp3) is 0.714. The number of hydrogen-bond acceptors (Lipinski definition) is 10. The Morgan fingerprint density at radius 1 is 0.375 bits per heavy atom. The van der Waals surface area contributed by atoms with E-state index >= 15 is 0 Å². The maximum atomic E-state index is 8.55. The van der Waals surface area contributed by atoms with Crippen LogP contribution in [0.3, 0.4) is 0 Å². The van der Waals surface area contributed by atoms with E-state index in [0.717, 1.165) is 171 Å². The monoisotopic (exact) mass is 822 g/mol. The summed E-state index contributed by atoms with van der Waals surface area (Å²) in [5, 5.41) is 0. The van der Waals surface area contributed by atoms with Gasteiger partial charge in [0, 0.05) is 39.6 Å². The van der Waals surface area contributed by atoms with Crippen LogP contribution in [-0.4, -0.2) is 171 Å². The number of phosphoric acid groups is 1. The van der Waals surface area contributed by atoms with Crippen molar-refractivity contribution < 1.29 is 61.1 Å². The average Bonchev–Trinajstić information content (AvgIpc) is 3.13. The van der Waals surface area contributed by atoms with Crippen LogP contribution in [0.1, 0.15) is 41.5 Å². The Morgan fingerprint density at radius 2 is 0.500 bits per heavy atom. The van der Waals surface area contributed by atoms with Gasteiger partial charge in [-0.2, -0.15) is 7.82 Å². The second-order valence-corrected chi connectivity index (χ2v) is 13.7. The summed E-state index contributed by atoms with van der Waals surface area (Å²) in [7, 11) is -5.39. The number of nitrogens with zero attached hydrogens (tertiary/aromatic N) is 3. The second kappa shape index (κ2) is 42.8. The van der Waals surface area contributed by atoms with E-state index in [0.29, 0.717) is 0 Å². The molecule has 0 aliphatic rings. The highest BCUT2D eigenvalue weighted by Gasteiger charge is 2.26. The fourth-order valence-corrected chi connectivity index (χ4v) is 5.71. The minimum atomic E-state index is -5.39. The van der Waals surface area contributed by atoms with Gasteiger partial charge in [0.05, 0.1) is 78.9 Å². The predicted octanol–water partition coefficient (Wildman–Crippen LogP) is 3.92. The van der Waals surface area contributed by atoms with Crippen LogP contribution in [0.5, 0.6) is 0 Å². The van der Waals surface area contributed by atoms with Crippen molar-refractivity contribution in [2.24, 2.45) is 0 Å². The molecule has 56 heavy (non-hydrogen) atoms. The molecule has 0 unspecified atom stereocenters. The summed E-state index contributed by atoms with van der Waals surface area (Å²) in [6.45, 7) is 56.1. The molecule has 332 valence electrons. The van der Waals surface area contributed by atoms with Gasteiger partial charge in [-0.3, -0.25) is 0 Å². The third kappa shape index (κ3) is 40.4. The first-order valence-corrected chi connectivity index (χ1v) is 21.6. The lowest BCUT2D eigenvalue weighted by Gasteiger charge is -2.36. The summed E-state index contributed by atoms with van der Waals surface area (Å²) in [6, 6.07) is 0. The molecule has 14 heteroatoms. The third-order valence-corrected chi connectivity index (χ3v) is 8.58. The maximum absolute atomic E-state index is 8.55. The average molecular weight is 822 g/mol. The molecular formula is C42H84N3O10P. The van der Waals surface area contributed by atoms with Crippen LogP contribution in [0, 0.1) is 0 Å². The molecule has 0 aromatic rings. The van der Waals surface area contributed by atoms with E-state index < -0.39 is 7.82 Å². The zero-order valence-corrected chi connectivity index (χ0v) is 37.4. The van der Waals surface area contributed by atoms with Crippen molar-refractivity contribution in [1.29, 1.82) is 0 Å². The summed E-state index contributed by atoms with van der Waals surface area (Å²) in [6.07, 6.45) is 11.8. The lowest BCUT2D eigenvalue weighted by Crippen LogP contribution is -2.52. The van der Waals surface area contributed by atoms with Gasteiger partial charge in [-0.05, 0) is 78.0 Å². The molecule has 0 radical (unpaired) electrons. The highest BCUT2D eigenvalue weighted by molar-refractivity contribution is 7.40. The van der Waals surface area contributed by atoms with Crippen molar-refractivity contribution in [3.63, 3.8) is 0 Å². The summed E-state index contributed by atoms with van der Waals surface area (Å²) < 4.78 is 44.1. The Morgan fingerprint density at radius 3 is 0.589 bits per heavy atom. The summed E-state index contributed by atoms with van der Waals surface area (Å²) in [4.78, 5) is 25.6. The first-order chi connectivity index (χ1) is 26.7. The summed E-state index contributed by atoms with van der Waals surface area (Å²) in [5.74, 6) is 0. The van der Waals surface area contributed by atoms with Crippen LogP contribution in [0.25, 0.3) is 0 Å². The standard InChI is InChI=1S/3C14H28NO2.H3O4P/c3*1-5-9-15(10-6-2,11-13-16-7-3)12-14-17-8-4;1-5(2,3)4/h3*5-6H,1-2,7-14H2,3-4H3;(H3,1,2,3,4)/q3*+1;/p-3. The van der Waals surface area contributed by atoms with Crippen molar-refractivity contribution in [2.75, 3.05) is 158 Å². The van der Waals surface area contributed by atoms with Crippen molar-refractivity contribution in [3.8, 4) is 0 Å². The van der Waals surface area contributed by atoms with Crippen LogP contribution in [0.4, 0.5) is 0 Å². The highest BCUT2D eigenvalue weighted by atomic mass is 31.2. The van der Waals surface area contributed by atoms with Gasteiger partial charge in [0.2, 0.25) is 0 Å². The normalized spacial score (nSPS) is 11.4. The lowest BCUT2D eigenvalue weighted by molar-refractivity contribution is -0.918. The predicted molar refractivity (Wildman–Crippen MR) is 227 cm³/mol. The first-order valence-electron chi connectivity index (χ1n) is 20.1. The lowest BCUT2D eigenvalue weighted by atomic mass is 10.3. The van der Waals surface area contributed by atoms with Crippen LogP contribution < -0.4 is 14.7 Å². The molecule has 0 saturated carbocycles. The largest absolute Gasteiger partial charge is 0.822 e. The van der Waals surface area contributed by atoms with E-state index in [1.54, 1.807) is 0 Å². The Hall–Kier alpha value is -1.81. The molecule has 0 spiro atoms. The van der Waals surface area contributed by atoms with Gasteiger partial charge in [-0.15, -0.1) is 0 Å². The quantitative estimate of drug-likeness (QED) is 0.0396. The number of ether oxygens (including phenoxy) is 6. The zero-order chi connectivity index (χ0) is 43.5. The number of rotatable bonds is 36. The molecule has 0 atom stereocenters. The molecular weight excluding hydrogens is 737 g/mol. The molecule has 0 N–H and O–H groups in total. The van der Waals surface area contributed by atoms with E-state index in [1.807, 2.05) is 78.0 Å². The molecule has 0 bridgehead atoms. The first kappa shape index (κ1) is 60.9. The van der Waals surface area contributed by atoms with E-state index in [2.05, 4.69) is 39.5 Å². The molecule has 0 fully saturated rings. The van der Waals surface area contributed by atoms with Crippen LogP contribution in [0.15, 0.2) is 75.9 Å². The van der Waals surface area contributed by atoms with Gasteiger partial charge in [-0.25, -0.2) is 0 Å². The van der Waals surface area contributed by atoms with Crippen LogP contribution in [0.2, 0.25) is 0 Å². The van der Waals surface area contributed by atoms with Gasteiger partial charge in [0.15, 0.2) is 0 Å². The Kier molecular flexibility index (Phi) is 46.5. The van der Waals surface area contributed by atoms with Crippen molar-refractivity contribution >= 4 is 7.82 Å². The summed E-state index contributed by atoms with van der Waals surface area (Å²) >= 11 is 0. The molecule has 0 amide bonds. The Bertz CT molecular complexity index is 802. The fourth-order valence-electron chi connectivity index (χ4n) is 5.71. The maximum Gasteiger partial charge on any atom is 0.103 e. The SMILES string of the molecule is C=CC[N+](CC=C)(CCOCC)CCOCC.C=CC[N+](CC=C)(CCOCC)CCOCC.C=CC[N+](CC=C)(CCOCC)CCOCC.O=P([O-])([O-])[O-]. The minimum Gasteiger partial charge on any atom is -0.822 e. The Labute approximate surface area is 343 Å². The summed E-state index contributed by atoms with van der Waals surface area (Å²) in [5.41, 5.74) is 0. The molecule has 0 aliphatic carbocycles. The van der Waals surface area contributed by atoms with E-state index in [4.69, 9.17) is 47.7 Å². The zero-order valence-electron chi connectivity index (χ0n) is 36.5. The number of quaternary nitrogens is 3. The molecule has 0 aromatic heterocycles. The molecule has 0 aromatic carbocycles. The number of hydrogen-bond donors (Lipinski definition) is 0. The van der Waals surface area contributed by atoms with E-state index in [-0.39, 0.29) is 0 Å². The van der Waals surface area contributed by atoms with Gasteiger partial charge >= 0.3 is 0 Å². The van der Waals surface area contributed by atoms with Gasteiger partial charge < -0.3 is 61.1 Å². The van der Waals surface area contributed by atoms with Crippen molar-refractivity contribution in [1.82, 2.24) is 0 Å². The van der Waals surface area contributed by atoms with E-state index in [1.165, 1.54) is 0 Å². The molecule has 0 rings (SSSR count). The smallest absolute Gasteiger partial charge is 0.103 e. The molecule has 13 nitrogen and oxygen atoms in total. The van der Waals surface area contributed by atoms with Gasteiger partial charge in [0.1, 0.15) is 39.3 Å². The van der Waals surface area contributed by atoms with Gasteiger partial charge in [-0.1, -0.05) is 39.5 Å². The topological polar surface area (TPSA) is 142 Å². The van der Waals surface area contributed by atoms with E-state index in [9.17, 15) is 0 Å². The highest BCUT2D eigenvalue weighted by Crippen LogP contribution is 2.10. The molecule has 0 heterocycles. The van der Waals surface area contributed by atoms with Crippen LogP contribution >= 0.6 is 7.82 Å². The van der Waals surface area contributed by atoms with Crippen molar-refractivity contribution in [2.45, 2.75) is 41.5 Å². The van der Waals surface area contributed by atoms with Gasteiger partial charge in [0.25, 0.3) is 0 Å². The van der Waals surface area contributed by atoms with Crippen molar-refractivity contribution in [3.05, 3.63) is 75.9 Å². The minimum absolute atomic E-state index is 0.771. The van der Waals surface area contributed by atoms with Crippen LogP contribution in [-0.2, 0) is 33.0 Å².